The third kappa shape index (κ3) is 3.28. The van der Waals surface area contributed by atoms with Gasteiger partial charge < -0.3 is 4.90 Å². The molecule has 1 fully saturated rings. The average Bonchev–Trinajstić information content (AvgIpc) is 3.44. The maximum atomic E-state index is 13.3. The molecule has 3 nitrogen and oxygen atoms in total. The lowest BCUT2D eigenvalue weighted by atomic mass is 9.88. The van der Waals surface area contributed by atoms with Crippen LogP contribution in [0, 0.1) is 5.82 Å². The molecule has 1 saturated carbocycles. The molecule has 1 unspecified atom stereocenters. The zero-order valence-corrected chi connectivity index (χ0v) is 15.8. The summed E-state index contributed by atoms with van der Waals surface area (Å²) in [6.07, 6.45) is 7.26. The van der Waals surface area contributed by atoms with Crippen LogP contribution in [0.5, 0.6) is 0 Å². The molecule has 1 aliphatic heterocycles. The summed E-state index contributed by atoms with van der Waals surface area (Å²) in [7, 11) is 0. The van der Waals surface area contributed by atoms with Crippen LogP contribution in [0.25, 0.3) is 11.1 Å². The van der Waals surface area contributed by atoms with E-state index in [1.165, 1.54) is 23.3 Å². The maximum Gasteiger partial charge on any atom is 0.254 e. The molecule has 1 amide bonds. The van der Waals surface area contributed by atoms with Crippen molar-refractivity contribution in [2.24, 2.45) is 4.99 Å². The van der Waals surface area contributed by atoms with E-state index in [-0.39, 0.29) is 17.8 Å². The van der Waals surface area contributed by atoms with Gasteiger partial charge in [-0.25, -0.2) is 4.39 Å². The van der Waals surface area contributed by atoms with Crippen molar-refractivity contribution in [2.75, 3.05) is 6.54 Å². The van der Waals surface area contributed by atoms with Gasteiger partial charge in [-0.05, 0) is 78.6 Å². The number of halogens is 1. The second kappa shape index (κ2) is 7.01. The first kappa shape index (κ1) is 17.4. The second-order valence-corrected chi connectivity index (χ2v) is 8.02. The normalized spacial score (nSPS) is 21.0. The van der Waals surface area contributed by atoms with Crippen LogP contribution in [-0.4, -0.2) is 35.7 Å². The summed E-state index contributed by atoms with van der Waals surface area (Å²) in [4.78, 5) is 19.9. The van der Waals surface area contributed by atoms with E-state index in [9.17, 15) is 9.18 Å². The van der Waals surface area contributed by atoms with Crippen molar-refractivity contribution in [2.45, 2.75) is 44.2 Å². The SMILES string of the molecule is O=C(c1ccc(-c2ccc(F)cc2)cc1)N(C1CC1)C1CCC2=C(C=NC2)C1. The van der Waals surface area contributed by atoms with Gasteiger partial charge in [0.2, 0.25) is 0 Å². The fraction of sp³-hybridized carbons (Fsp3) is 0.333. The number of carbonyl (C=O) groups is 1. The van der Waals surface area contributed by atoms with Crippen LogP contribution in [0.3, 0.4) is 0 Å². The summed E-state index contributed by atoms with van der Waals surface area (Å²) >= 11 is 0. The van der Waals surface area contributed by atoms with E-state index in [4.69, 9.17) is 0 Å². The Bertz CT molecular complexity index is 955. The van der Waals surface area contributed by atoms with Crippen LogP contribution >= 0.6 is 0 Å². The Morgan fingerprint density at radius 2 is 1.61 bits per heavy atom. The van der Waals surface area contributed by atoms with Crippen molar-refractivity contribution in [3.05, 3.63) is 71.1 Å². The highest BCUT2D eigenvalue weighted by Crippen LogP contribution is 2.37. The number of hydrogen-bond donors (Lipinski definition) is 0. The van der Waals surface area contributed by atoms with Gasteiger partial charge in [0, 0.05) is 23.9 Å². The van der Waals surface area contributed by atoms with Crippen LogP contribution in [0.1, 0.15) is 42.5 Å². The average molecular weight is 374 g/mol. The second-order valence-electron chi connectivity index (χ2n) is 8.02. The van der Waals surface area contributed by atoms with E-state index in [0.29, 0.717) is 6.04 Å². The Kier molecular flexibility index (Phi) is 4.34. The summed E-state index contributed by atoms with van der Waals surface area (Å²) in [5.74, 6) is -0.106. The molecule has 1 heterocycles. The van der Waals surface area contributed by atoms with Gasteiger partial charge >= 0.3 is 0 Å². The first-order valence-corrected chi connectivity index (χ1v) is 10.1. The fourth-order valence-corrected chi connectivity index (χ4v) is 4.41. The summed E-state index contributed by atoms with van der Waals surface area (Å²) in [6, 6.07) is 14.8. The molecule has 0 radical (unpaired) electrons. The summed E-state index contributed by atoms with van der Waals surface area (Å²) in [6.45, 7) is 0.851. The van der Waals surface area contributed by atoms with Gasteiger partial charge in [-0.1, -0.05) is 24.3 Å². The monoisotopic (exact) mass is 374 g/mol. The minimum atomic E-state index is -0.242. The lowest BCUT2D eigenvalue weighted by Gasteiger charge is -2.35. The molecule has 142 valence electrons. The number of rotatable bonds is 4. The standard InChI is InChI=1S/C24H23FN2O/c25-21-8-5-17(6-9-21)16-1-3-18(4-2-16)24(28)27(22-11-12-22)23-10-7-19-14-26-15-20(19)13-23/h1-6,8-9,15,22-23H,7,10-14H2. The molecule has 1 atom stereocenters. The van der Waals surface area contributed by atoms with E-state index in [0.717, 1.165) is 55.3 Å². The Morgan fingerprint density at radius 3 is 2.29 bits per heavy atom. The van der Waals surface area contributed by atoms with Gasteiger partial charge in [0.25, 0.3) is 5.91 Å². The Labute approximate surface area is 164 Å². The minimum absolute atomic E-state index is 0.136. The highest BCUT2D eigenvalue weighted by molar-refractivity contribution is 5.95. The van der Waals surface area contributed by atoms with E-state index < -0.39 is 0 Å². The van der Waals surface area contributed by atoms with Crippen LogP contribution in [-0.2, 0) is 0 Å². The Balaban J connectivity index is 1.36. The molecule has 0 aromatic heterocycles. The van der Waals surface area contributed by atoms with Crippen molar-refractivity contribution >= 4 is 12.1 Å². The molecule has 0 saturated heterocycles. The minimum Gasteiger partial charge on any atom is -0.332 e. The number of carbonyl (C=O) groups excluding carboxylic acids is 1. The number of benzene rings is 2. The van der Waals surface area contributed by atoms with Crippen LogP contribution < -0.4 is 0 Å². The zero-order chi connectivity index (χ0) is 19.1. The molecule has 0 spiro atoms. The highest BCUT2D eigenvalue weighted by Gasteiger charge is 2.39. The number of nitrogens with zero attached hydrogens (tertiary/aromatic N) is 2. The molecule has 4 heteroatoms. The van der Waals surface area contributed by atoms with E-state index in [1.54, 1.807) is 12.1 Å². The third-order valence-corrected chi connectivity index (χ3v) is 6.10. The summed E-state index contributed by atoms with van der Waals surface area (Å²) in [5, 5.41) is 0. The molecule has 5 rings (SSSR count). The molecule has 0 N–H and O–H groups in total. The number of hydrogen-bond acceptors (Lipinski definition) is 2. The van der Waals surface area contributed by atoms with Crippen molar-refractivity contribution in [1.82, 2.24) is 4.90 Å². The summed E-state index contributed by atoms with van der Waals surface area (Å²) in [5.41, 5.74) is 5.48. The molecule has 0 bridgehead atoms. The van der Waals surface area contributed by atoms with Gasteiger partial charge in [-0.3, -0.25) is 9.79 Å². The van der Waals surface area contributed by atoms with Crippen LogP contribution in [0.15, 0.2) is 64.7 Å². The number of aliphatic imine (C=N–C) groups is 1. The predicted molar refractivity (Wildman–Crippen MR) is 109 cm³/mol. The van der Waals surface area contributed by atoms with Crippen molar-refractivity contribution in [1.29, 1.82) is 0 Å². The molecular weight excluding hydrogens is 351 g/mol. The lowest BCUT2D eigenvalue weighted by Crippen LogP contribution is -2.43. The lowest BCUT2D eigenvalue weighted by molar-refractivity contribution is 0.0645. The Morgan fingerprint density at radius 1 is 0.929 bits per heavy atom. The first-order valence-electron chi connectivity index (χ1n) is 10.1. The fourth-order valence-electron chi connectivity index (χ4n) is 4.41. The van der Waals surface area contributed by atoms with E-state index in [1.807, 2.05) is 30.5 Å². The Hall–Kier alpha value is -2.75. The van der Waals surface area contributed by atoms with Gasteiger partial charge in [-0.2, -0.15) is 0 Å². The van der Waals surface area contributed by atoms with Gasteiger partial charge in [0.1, 0.15) is 5.82 Å². The predicted octanol–water partition coefficient (Wildman–Crippen LogP) is 5.03. The van der Waals surface area contributed by atoms with Crippen LogP contribution in [0.4, 0.5) is 4.39 Å². The van der Waals surface area contributed by atoms with E-state index >= 15 is 0 Å². The molecule has 2 aromatic carbocycles. The number of amides is 1. The smallest absolute Gasteiger partial charge is 0.254 e. The topological polar surface area (TPSA) is 32.7 Å². The molecule has 3 aliphatic rings. The zero-order valence-electron chi connectivity index (χ0n) is 15.8. The van der Waals surface area contributed by atoms with Gasteiger partial charge in [-0.15, -0.1) is 0 Å². The molecular formula is C24H23FN2O. The van der Waals surface area contributed by atoms with Gasteiger partial charge in [0.15, 0.2) is 0 Å². The molecule has 28 heavy (non-hydrogen) atoms. The van der Waals surface area contributed by atoms with Crippen molar-refractivity contribution in [3.63, 3.8) is 0 Å². The largest absolute Gasteiger partial charge is 0.332 e. The summed E-state index contributed by atoms with van der Waals surface area (Å²) < 4.78 is 13.1. The van der Waals surface area contributed by atoms with Crippen molar-refractivity contribution < 1.29 is 9.18 Å². The molecule has 2 aliphatic carbocycles. The first-order chi connectivity index (χ1) is 13.7. The third-order valence-electron chi connectivity index (χ3n) is 6.10. The highest BCUT2D eigenvalue weighted by atomic mass is 19.1. The van der Waals surface area contributed by atoms with Crippen LogP contribution in [0.2, 0.25) is 0 Å². The molecule has 2 aromatic rings. The van der Waals surface area contributed by atoms with Crippen molar-refractivity contribution in [3.8, 4) is 11.1 Å². The van der Waals surface area contributed by atoms with E-state index in [2.05, 4.69) is 9.89 Å². The van der Waals surface area contributed by atoms with Gasteiger partial charge in [0.05, 0.1) is 6.54 Å². The quantitative estimate of drug-likeness (QED) is 0.739. The maximum absolute atomic E-state index is 13.3.